The Hall–Kier alpha value is -5.00. The Morgan fingerprint density at radius 1 is 0.595 bits per heavy atom. The number of alkyl halides is 6. The predicted molar refractivity (Wildman–Crippen MR) is 143 cm³/mol. The molecule has 0 fully saturated rings. The Morgan fingerprint density at radius 3 is 1.26 bits per heavy atom. The first-order valence-electron chi connectivity index (χ1n) is 12.2. The van der Waals surface area contributed by atoms with E-state index in [2.05, 4.69) is 10.6 Å². The molecule has 12 heteroatoms. The van der Waals surface area contributed by atoms with Crippen LogP contribution in [0.1, 0.15) is 43.0 Å². The molecule has 0 bridgehead atoms. The summed E-state index contributed by atoms with van der Waals surface area (Å²) < 4.78 is 85.0. The van der Waals surface area contributed by atoms with Crippen molar-refractivity contribution < 1.29 is 46.1 Å². The summed E-state index contributed by atoms with van der Waals surface area (Å²) in [6.07, 6.45) is -10.5. The lowest BCUT2D eigenvalue weighted by Crippen LogP contribution is -2.16. The molecule has 4 aromatic carbocycles. The molecule has 0 aliphatic carbocycles. The summed E-state index contributed by atoms with van der Waals surface area (Å²) in [5, 5.41) is 25.3. The molecule has 218 valence electrons. The fourth-order valence-corrected chi connectivity index (χ4v) is 4.25. The van der Waals surface area contributed by atoms with Gasteiger partial charge < -0.3 is 20.8 Å². The second kappa shape index (κ2) is 11.1. The van der Waals surface area contributed by atoms with Crippen molar-refractivity contribution in [3.63, 3.8) is 0 Å². The van der Waals surface area contributed by atoms with Crippen molar-refractivity contribution in [2.24, 2.45) is 0 Å². The maximum atomic E-state index is 14.2. The molecule has 0 radical (unpaired) electrons. The van der Waals surface area contributed by atoms with Crippen LogP contribution in [0.4, 0.5) is 37.7 Å². The fourth-order valence-electron chi connectivity index (χ4n) is 4.25. The summed E-state index contributed by atoms with van der Waals surface area (Å²) in [5.41, 5.74) is -5.38. The van der Waals surface area contributed by atoms with Crippen molar-refractivity contribution in [2.75, 3.05) is 10.6 Å². The zero-order valence-electron chi connectivity index (χ0n) is 21.9. The van der Waals surface area contributed by atoms with E-state index in [1.54, 1.807) is 26.0 Å². The molecular weight excluding hydrogens is 566 g/mol. The molecule has 0 aliphatic rings. The van der Waals surface area contributed by atoms with E-state index in [1.165, 1.54) is 36.4 Å². The lowest BCUT2D eigenvalue weighted by Gasteiger charge is -2.21. The Kier molecular flexibility index (Phi) is 7.93. The number of halogens is 6. The quantitative estimate of drug-likeness (QED) is 0.141. The van der Waals surface area contributed by atoms with Gasteiger partial charge in [-0.2, -0.15) is 26.3 Å². The standard InChI is InChI=1S/C30H22F6N2O4/c1-15-5-3-7-17(9-15)27(41)37-23-13-21(29(31,32)33)19(11-25(23)39)20-12-26(40)24(14-22(20)30(34,35)36)38-28(42)18-8-4-6-16(2)10-18/h3-14,39-40H,1-2H3,(H,37,41)(H,38,42). The minimum atomic E-state index is -5.25. The van der Waals surface area contributed by atoms with E-state index in [4.69, 9.17) is 0 Å². The first-order valence-corrected chi connectivity index (χ1v) is 12.2. The van der Waals surface area contributed by atoms with Gasteiger partial charge in [-0.15, -0.1) is 0 Å². The van der Waals surface area contributed by atoms with Gasteiger partial charge in [0.1, 0.15) is 11.5 Å². The number of aromatic hydroxyl groups is 2. The third-order valence-corrected chi connectivity index (χ3v) is 6.23. The number of rotatable bonds is 5. The molecule has 0 atom stereocenters. The molecule has 0 aromatic heterocycles. The second-order valence-electron chi connectivity index (χ2n) is 9.47. The molecule has 0 aliphatic heterocycles. The molecule has 2 amide bonds. The van der Waals surface area contributed by atoms with Crippen LogP contribution in [-0.4, -0.2) is 22.0 Å². The smallest absolute Gasteiger partial charge is 0.417 e. The van der Waals surface area contributed by atoms with Gasteiger partial charge in [-0.1, -0.05) is 35.4 Å². The van der Waals surface area contributed by atoms with Crippen LogP contribution in [0, 0.1) is 13.8 Å². The van der Waals surface area contributed by atoms with Crippen LogP contribution < -0.4 is 10.6 Å². The number of phenols is 2. The molecule has 0 unspecified atom stereocenters. The van der Waals surface area contributed by atoms with Gasteiger partial charge in [-0.3, -0.25) is 9.59 Å². The largest absolute Gasteiger partial charge is 0.506 e. The number of hydrogen-bond acceptors (Lipinski definition) is 4. The molecule has 0 heterocycles. The van der Waals surface area contributed by atoms with Crippen molar-refractivity contribution in [3.05, 3.63) is 106 Å². The summed E-state index contributed by atoms with van der Waals surface area (Å²) in [6, 6.07) is 13.5. The third kappa shape index (κ3) is 6.48. The van der Waals surface area contributed by atoms with Gasteiger partial charge in [0, 0.05) is 11.1 Å². The number of nitrogens with one attached hydrogen (secondary N) is 2. The van der Waals surface area contributed by atoms with E-state index in [0.29, 0.717) is 35.4 Å². The predicted octanol–water partition coefficient (Wildman–Crippen LogP) is 7.92. The Morgan fingerprint density at radius 2 is 0.952 bits per heavy atom. The van der Waals surface area contributed by atoms with Gasteiger partial charge in [0.25, 0.3) is 11.8 Å². The van der Waals surface area contributed by atoms with Crippen LogP contribution in [0.25, 0.3) is 11.1 Å². The average molecular weight is 589 g/mol. The van der Waals surface area contributed by atoms with Crippen LogP contribution in [-0.2, 0) is 12.4 Å². The maximum absolute atomic E-state index is 14.2. The van der Waals surface area contributed by atoms with E-state index in [0.717, 1.165) is 0 Å². The summed E-state index contributed by atoms with van der Waals surface area (Å²) in [4.78, 5) is 25.2. The molecule has 0 spiro atoms. The summed E-state index contributed by atoms with van der Waals surface area (Å²) in [5.74, 6) is -3.64. The SMILES string of the molecule is Cc1cccc(C(=O)Nc2cc(C(F)(F)F)c(-c3cc(O)c(NC(=O)c4cccc(C)c4)cc3C(F)(F)F)cc2O)c1. The van der Waals surface area contributed by atoms with E-state index in [9.17, 15) is 46.1 Å². The zero-order valence-corrected chi connectivity index (χ0v) is 21.9. The zero-order chi connectivity index (χ0) is 31.0. The van der Waals surface area contributed by atoms with E-state index >= 15 is 0 Å². The highest BCUT2D eigenvalue weighted by atomic mass is 19.4. The normalized spacial score (nSPS) is 11.7. The highest BCUT2D eigenvalue weighted by Crippen LogP contribution is 2.48. The lowest BCUT2D eigenvalue weighted by atomic mass is 9.92. The van der Waals surface area contributed by atoms with Crippen molar-refractivity contribution in [1.29, 1.82) is 0 Å². The van der Waals surface area contributed by atoms with Crippen molar-refractivity contribution in [3.8, 4) is 22.6 Å². The summed E-state index contributed by atoms with van der Waals surface area (Å²) >= 11 is 0. The number of anilines is 2. The minimum Gasteiger partial charge on any atom is -0.506 e. The lowest BCUT2D eigenvalue weighted by molar-refractivity contribution is -0.139. The van der Waals surface area contributed by atoms with Gasteiger partial charge in [-0.05, 0) is 73.5 Å². The molecule has 4 rings (SSSR count). The monoisotopic (exact) mass is 588 g/mol. The number of carbonyl (C=O) groups is 2. The number of benzene rings is 4. The van der Waals surface area contributed by atoms with Crippen LogP contribution in [0.5, 0.6) is 11.5 Å². The van der Waals surface area contributed by atoms with Gasteiger partial charge in [0.15, 0.2) is 0 Å². The highest BCUT2D eigenvalue weighted by Gasteiger charge is 2.40. The van der Waals surface area contributed by atoms with Crippen LogP contribution in [0.15, 0.2) is 72.8 Å². The minimum absolute atomic E-state index is 0.0691. The molecular formula is C30H22F6N2O4. The molecule has 0 saturated carbocycles. The van der Waals surface area contributed by atoms with E-state index < -0.39 is 69.3 Å². The third-order valence-electron chi connectivity index (χ3n) is 6.23. The average Bonchev–Trinajstić information content (AvgIpc) is 2.89. The fraction of sp³-hybridized carbons (Fsp3) is 0.133. The van der Waals surface area contributed by atoms with E-state index in [1.807, 2.05) is 0 Å². The topological polar surface area (TPSA) is 98.7 Å². The molecule has 42 heavy (non-hydrogen) atoms. The first-order chi connectivity index (χ1) is 19.5. The van der Waals surface area contributed by atoms with Gasteiger partial charge >= 0.3 is 12.4 Å². The van der Waals surface area contributed by atoms with Crippen molar-refractivity contribution >= 4 is 23.2 Å². The number of amides is 2. The van der Waals surface area contributed by atoms with Gasteiger partial charge in [-0.25, -0.2) is 0 Å². The van der Waals surface area contributed by atoms with Crippen molar-refractivity contribution in [2.45, 2.75) is 26.2 Å². The van der Waals surface area contributed by atoms with E-state index in [-0.39, 0.29) is 11.1 Å². The summed E-state index contributed by atoms with van der Waals surface area (Å²) in [6.45, 7) is 3.36. The Labute approximate surface area is 235 Å². The number of carbonyl (C=O) groups excluding carboxylic acids is 2. The van der Waals surface area contributed by atoms with Gasteiger partial charge in [0.05, 0.1) is 22.5 Å². The van der Waals surface area contributed by atoms with Crippen LogP contribution >= 0.6 is 0 Å². The highest BCUT2D eigenvalue weighted by molar-refractivity contribution is 6.06. The number of phenolic OH excluding ortho intramolecular Hbond substituents is 2. The second-order valence-corrected chi connectivity index (χ2v) is 9.47. The van der Waals surface area contributed by atoms with Gasteiger partial charge in [0.2, 0.25) is 0 Å². The van der Waals surface area contributed by atoms with Crippen LogP contribution in [0.2, 0.25) is 0 Å². The Bertz CT molecular complexity index is 1570. The molecule has 4 N–H and O–H groups in total. The molecule has 0 saturated heterocycles. The molecule has 6 nitrogen and oxygen atoms in total. The Balaban J connectivity index is 1.81. The first kappa shape index (κ1) is 30.0. The summed E-state index contributed by atoms with van der Waals surface area (Å²) in [7, 11) is 0. The number of hydrogen-bond donors (Lipinski definition) is 4. The van der Waals surface area contributed by atoms with Crippen molar-refractivity contribution in [1.82, 2.24) is 0 Å². The van der Waals surface area contributed by atoms with Crippen LogP contribution in [0.3, 0.4) is 0 Å². The molecule has 4 aromatic rings. The maximum Gasteiger partial charge on any atom is 0.417 e. The number of aryl methyl sites for hydroxylation is 2.